The zero-order valence-corrected chi connectivity index (χ0v) is 9.33. The molecule has 76 valence electrons. The van der Waals surface area contributed by atoms with Gasteiger partial charge in [0.15, 0.2) is 0 Å². The molecule has 0 atom stereocenters. The molecule has 0 aliphatic carbocycles. The molecule has 0 bridgehead atoms. The van der Waals surface area contributed by atoms with Crippen molar-refractivity contribution < 1.29 is 9.50 Å². The highest BCUT2D eigenvalue weighted by atomic mass is 79.9. The molecule has 1 N–H and O–H groups in total. The van der Waals surface area contributed by atoms with Crippen LogP contribution in [0.25, 0.3) is 11.1 Å². The quantitative estimate of drug-likeness (QED) is 0.829. The summed E-state index contributed by atoms with van der Waals surface area (Å²) in [5.41, 5.74) is 0.888. The second-order valence-corrected chi connectivity index (χ2v) is 3.97. The van der Waals surface area contributed by atoms with Crippen LogP contribution in [0.3, 0.4) is 0 Å². The molecular weight excluding hydrogens is 259 g/mol. The van der Waals surface area contributed by atoms with E-state index in [0.717, 1.165) is 0 Å². The van der Waals surface area contributed by atoms with Crippen molar-refractivity contribution in [3.05, 3.63) is 52.8 Å². The van der Waals surface area contributed by atoms with Crippen molar-refractivity contribution in [3.63, 3.8) is 0 Å². The van der Waals surface area contributed by atoms with Crippen LogP contribution in [0.1, 0.15) is 0 Å². The molecule has 0 fully saturated rings. The van der Waals surface area contributed by atoms with E-state index in [1.165, 1.54) is 6.07 Å². The van der Waals surface area contributed by atoms with Crippen LogP contribution < -0.4 is 0 Å². The fourth-order valence-corrected chi connectivity index (χ4v) is 1.78. The molecule has 0 aliphatic heterocycles. The molecule has 3 heteroatoms. The summed E-state index contributed by atoms with van der Waals surface area (Å²) in [6.07, 6.45) is 0. The second kappa shape index (κ2) is 4.03. The summed E-state index contributed by atoms with van der Waals surface area (Å²) in [4.78, 5) is 0. The smallest absolute Gasteiger partial charge is 0.145 e. The minimum atomic E-state index is -0.362. The molecule has 0 radical (unpaired) electrons. The Labute approximate surface area is 95.3 Å². The van der Waals surface area contributed by atoms with Crippen molar-refractivity contribution >= 4 is 15.9 Å². The lowest BCUT2D eigenvalue weighted by Crippen LogP contribution is -1.85. The maximum atomic E-state index is 13.7. The topological polar surface area (TPSA) is 20.2 Å². The number of aromatic hydroxyl groups is 1. The summed E-state index contributed by atoms with van der Waals surface area (Å²) in [5.74, 6) is -0.284. The zero-order chi connectivity index (χ0) is 10.8. The first kappa shape index (κ1) is 10.2. The van der Waals surface area contributed by atoms with E-state index in [1.807, 2.05) is 0 Å². The number of rotatable bonds is 1. The molecule has 0 aromatic heterocycles. The number of benzene rings is 2. The third-order valence-electron chi connectivity index (χ3n) is 2.15. The molecule has 15 heavy (non-hydrogen) atoms. The first-order valence-electron chi connectivity index (χ1n) is 4.42. The van der Waals surface area contributed by atoms with E-state index in [0.29, 0.717) is 15.6 Å². The van der Waals surface area contributed by atoms with Crippen LogP contribution in [-0.4, -0.2) is 5.11 Å². The Bertz CT molecular complexity index is 497. The lowest BCUT2D eigenvalue weighted by Gasteiger charge is -2.06. The average molecular weight is 267 g/mol. The molecule has 0 aliphatic rings. The van der Waals surface area contributed by atoms with E-state index in [4.69, 9.17) is 0 Å². The van der Waals surface area contributed by atoms with Gasteiger partial charge in [-0.2, -0.15) is 0 Å². The summed E-state index contributed by atoms with van der Waals surface area (Å²) >= 11 is 3.11. The molecule has 2 rings (SSSR count). The molecule has 0 saturated heterocycles. The fraction of sp³-hybridized carbons (Fsp3) is 0. The van der Waals surface area contributed by atoms with Gasteiger partial charge < -0.3 is 5.11 Å². The SMILES string of the molecule is Oc1ccccc1-c1cccc(Br)c1F. The Balaban J connectivity index is 2.65. The largest absolute Gasteiger partial charge is 0.507 e. The molecular formula is C12H8BrFO. The standard InChI is InChI=1S/C12H8BrFO/c13-10-6-3-5-9(12(10)14)8-4-1-2-7-11(8)15/h1-7,15H. The van der Waals surface area contributed by atoms with Crippen LogP contribution in [0.5, 0.6) is 5.75 Å². The normalized spacial score (nSPS) is 10.3. The summed E-state index contributed by atoms with van der Waals surface area (Å²) < 4.78 is 14.1. The zero-order valence-electron chi connectivity index (χ0n) is 7.74. The van der Waals surface area contributed by atoms with Gasteiger partial charge in [0.05, 0.1) is 4.47 Å². The van der Waals surface area contributed by atoms with Gasteiger partial charge in [-0.25, -0.2) is 4.39 Å². The van der Waals surface area contributed by atoms with E-state index in [1.54, 1.807) is 36.4 Å². The number of halogens is 2. The van der Waals surface area contributed by atoms with E-state index in [-0.39, 0.29) is 11.6 Å². The summed E-state index contributed by atoms with van der Waals surface area (Å²) in [6.45, 7) is 0. The maximum absolute atomic E-state index is 13.7. The number of phenolic OH excluding ortho intramolecular Hbond substituents is 1. The third kappa shape index (κ3) is 1.88. The fourth-order valence-electron chi connectivity index (χ4n) is 1.41. The van der Waals surface area contributed by atoms with Crippen molar-refractivity contribution in [2.24, 2.45) is 0 Å². The predicted molar refractivity (Wildman–Crippen MR) is 61.2 cm³/mol. The van der Waals surface area contributed by atoms with Crippen molar-refractivity contribution in [2.45, 2.75) is 0 Å². The number of hydrogen-bond donors (Lipinski definition) is 1. The monoisotopic (exact) mass is 266 g/mol. The first-order chi connectivity index (χ1) is 7.20. The highest BCUT2D eigenvalue weighted by molar-refractivity contribution is 9.10. The Hall–Kier alpha value is -1.35. The third-order valence-corrected chi connectivity index (χ3v) is 2.76. The van der Waals surface area contributed by atoms with E-state index < -0.39 is 0 Å². The lowest BCUT2D eigenvalue weighted by atomic mass is 10.0. The molecule has 1 nitrogen and oxygen atoms in total. The Morgan fingerprint density at radius 3 is 2.33 bits per heavy atom. The van der Waals surface area contributed by atoms with Crippen molar-refractivity contribution in [1.29, 1.82) is 0 Å². The van der Waals surface area contributed by atoms with Crippen LogP contribution in [0, 0.1) is 5.82 Å². The number of hydrogen-bond acceptors (Lipinski definition) is 1. The average Bonchev–Trinajstić information content (AvgIpc) is 2.23. The lowest BCUT2D eigenvalue weighted by molar-refractivity contribution is 0.476. The molecule has 2 aromatic carbocycles. The van der Waals surface area contributed by atoms with Gasteiger partial charge in [0, 0.05) is 11.1 Å². The van der Waals surface area contributed by atoms with Crippen LogP contribution >= 0.6 is 15.9 Å². The highest BCUT2D eigenvalue weighted by Crippen LogP contribution is 2.33. The van der Waals surface area contributed by atoms with Gasteiger partial charge in [-0.3, -0.25) is 0 Å². The Kier molecular flexibility index (Phi) is 2.73. The first-order valence-corrected chi connectivity index (χ1v) is 5.22. The molecule has 0 saturated carbocycles. The Morgan fingerprint density at radius 1 is 0.933 bits per heavy atom. The minimum Gasteiger partial charge on any atom is -0.507 e. The summed E-state index contributed by atoms with van der Waals surface area (Å²) in [5, 5.41) is 9.60. The molecule has 0 heterocycles. The summed E-state index contributed by atoms with van der Waals surface area (Å²) in [7, 11) is 0. The molecule has 0 unspecified atom stereocenters. The minimum absolute atomic E-state index is 0.0782. The molecule has 0 spiro atoms. The van der Waals surface area contributed by atoms with Crippen LogP contribution in [0.2, 0.25) is 0 Å². The predicted octanol–water partition coefficient (Wildman–Crippen LogP) is 3.96. The van der Waals surface area contributed by atoms with Gasteiger partial charge in [-0.15, -0.1) is 0 Å². The van der Waals surface area contributed by atoms with Gasteiger partial charge >= 0.3 is 0 Å². The van der Waals surface area contributed by atoms with E-state index >= 15 is 0 Å². The Morgan fingerprint density at radius 2 is 1.60 bits per heavy atom. The van der Waals surface area contributed by atoms with Crippen LogP contribution in [0.4, 0.5) is 4.39 Å². The molecule has 0 amide bonds. The van der Waals surface area contributed by atoms with Crippen molar-refractivity contribution in [1.82, 2.24) is 0 Å². The number of phenols is 1. The van der Waals surface area contributed by atoms with Gasteiger partial charge in [0.1, 0.15) is 11.6 Å². The van der Waals surface area contributed by atoms with Crippen LogP contribution in [0.15, 0.2) is 46.9 Å². The van der Waals surface area contributed by atoms with Crippen molar-refractivity contribution in [2.75, 3.05) is 0 Å². The van der Waals surface area contributed by atoms with Crippen LogP contribution in [-0.2, 0) is 0 Å². The van der Waals surface area contributed by atoms with E-state index in [9.17, 15) is 9.50 Å². The van der Waals surface area contributed by atoms with Gasteiger partial charge in [0.25, 0.3) is 0 Å². The van der Waals surface area contributed by atoms with Gasteiger partial charge in [-0.1, -0.05) is 30.3 Å². The van der Waals surface area contributed by atoms with Gasteiger partial charge in [0.2, 0.25) is 0 Å². The highest BCUT2D eigenvalue weighted by Gasteiger charge is 2.10. The summed E-state index contributed by atoms with van der Waals surface area (Å²) in [6, 6.07) is 11.7. The van der Waals surface area contributed by atoms with Crippen molar-refractivity contribution in [3.8, 4) is 16.9 Å². The number of para-hydroxylation sites is 1. The maximum Gasteiger partial charge on any atom is 0.145 e. The van der Waals surface area contributed by atoms with Gasteiger partial charge in [-0.05, 0) is 28.1 Å². The van der Waals surface area contributed by atoms with E-state index in [2.05, 4.69) is 15.9 Å². The molecule has 2 aromatic rings. The second-order valence-electron chi connectivity index (χ2n) is 3.12.